The van der Waals surface area contributed by atoms with Gasteiger partial charge < -0.3 is 15.1 Å². The molecule has 32 heavy (non-hydrogen) atoms. The number of aromatic nitrogens is 3. The fraction of sp³-hybridized carbons (Fsp3) is 0.476. The van der Waals surface area contributed by atoms with Crippen LogP contribution in [0.25, 0.3) is 0 Å². The van der Waals surface area contributed by atoms with Gasteiger partial charge in [0, 0.05) is 50.7 Å². The molecule has 2 aliphatic rings. The zero-order chi connectivity index (χ0) is 23.0. The first-order valence-corrected chi connectivity index (χ1v) is 10.3. The molecule has 4 rings (SSSR count). The lowest BCUT2D eigenvalue weighted by molar-refractivity contribution is -0.130. The number of carbonyl (C=O) groups excluding carboxylic acids is 1. The second kappa shape index (κ2) is 8.61. The molecule has 0 aromatic carbocycles. The average Bonchev–Trinajstić information content (AvgIpc) is 2.75. The predicted octanol–water partition coefficient (Wildman–Crippen LogP) is 3.03. The van der Waals surface area contributed by atoms with Gasteiger partial charge in [0.25, 0.3) is 5.95 Å². The number of nitrogens with one attached hydrogen (secondary N) is 1. The molecule has 1 N–H and O–H groups in total. The summed E-state index contributed by atoms with van der Waals surface area (Å²) in [5.74, 6) is -3.95. The Morgan fingerprint density at radius 3 is 2.62 bits per heavy atom. The van der Waals surface area contributed by atoms with Crippen molar-refractivity contribution in [2.45, 2.75) is 32.6 Å². The summed E-state index contributed by atoms with van der Waals surface area (Å²) < 4.78 is 41.9. The van der Waals surface area contributed by atoms with Crippen LogP contribution in [0.3, 0.4) is 0 Å². The quantitative estimate of drug-likeness (QED) is 0.723. The third-order valence-electron chi connectivity index (χ3n) is 5.87. The second-order valence-corrected chi connectivity index (χ2v) is 8.14. The summed E-state index contributed by atoms with van der Waals surface area (Å²) in [6.45, 7) is 4.72. The fourth-order valence-electron chi connectivity index (χ4n) is 3.92. The number of pyridine rings is 1. The molecule has 0 radical (unpaired) electrons. The minimum absolute atomic E-state index is 0.0227. The van der Waals surface area contributed by atoms with Crippen LogP contribution in [-0.2, 0) is 4.79 Å². The number of rotatable bonds is 4. The average molecular weight is 445 g/mol. The van der Waals surface area contributed by atoms with Crippen LogP contribution >= 0.6 is 0 Å². The molecule has 2 aliphatic heterocycles. The fourth-order valence-corrected chi connectivity index (χ4v) is 3.92. The standard InChI is InChI=1S/C21H22F3N7O/c1-11-17(22)19(24)29-20(18(11)23)27-16-6-15(14-4-3-5-30(10-14)12(2)32)26-21(28-16)31-8-13(7-25)9-31/h6,13-14H,3-5,8-10H2,1-2H3,(H,26,27,28,29). The maximum absolute atomic E-state index is 14.5. The van der Waals surface area contributed by atoms with E-state index in [0.29, 0.717) is 37.8 Å². The summed E-state index contributed by atoms with van der Waals surface area (Å²) in [5, 5.41) is 11.7. The number of hydrogen-bond donors (Lipinski definition) is 1. The Labute approximate surface area is 183 Å². The van der Waals surface area contributed by atoms with Crippen LogP contribution in [0.1, 0.15) is 36.9 Å². The summed E-state index contributed by atoms with van der Waals surface area (Å²) in [6.07, 6.45) is 1.61. The highest BCUT2D eigenvalue weighted by Crippen LogP contribution is 2.31. The van der Waals surface area contributed by atoms with E-state index in [0.717, 1.165) is 19.8 Å². The second-order valence-electron chi connectivity index (χ2n) is 8.14. The van der Waals surface area contributed by atoms with Gasteiger partial charge in [-0.2, -0.15) is 19.6 Å². The lowest BCUT2D eigenvalue weighted by Gasteiger charge is -2.36. The molecule has 2 saturated heterocycles. The van der Waals surface area contributed by atoms with Crippen molar-refractivity contribution in [3.05, 3.63) is 34.9 Å². The van der Waals surface area contributed by atoms with Gasteiger partial charge in [0.05, 0.1) is 17.7 Å². The summed E-state index contributed by atoms with van der Waals surface area (Å²) >= 11 is 0. The van der Waals surface area contributed by atoms with E-state index in [1.54, 1.807) is 11.0 Å². The SMILES string of the molecule is CC(=O)N1CCCC(c2cc(Nc3nc(F)c(F)c(C)c3F)nc(N3CC(C#N)C3)n2)C1. The van der Waals surface area contributed by atoms with Crippen molar-refractivity contribution in [3.8, 4) is 6.07 Å². The summed E-state index contributed by atoms with van der Waals surface area (Å²) in [6, 6.07) is 3.79. The molecule has 0 saturated carbocycles. The summed E-state index contributed by atoms with van der Waals surface area (Å²) in [7, 11) is 0. The first-order valence-electron chi connectivity index (χ1n) is 10.3. The maximum Gasteiger partial charge on any atom is 0.251 e. The number of carbonyl (C=O) groups is 1. The largest absolute Gasteiger partial charge is 0.342 e. The van der Waals surface area contributed by atoms with Crippen LogP contribution in [0.5, 0.6) is 0 Å². The van der Waals surface area contributed by atoms with Gasteiger partial charge in [-0.05, 0) is 19.8 Å². The van der Waals surface area contributed by atoms with Gasteiger partial charge in [-0.25, -0.2) is 13.8 Å². The van der Waals surface area contributed by atoms with Gasteiger partial charge in [-0.3, -0.25) is 4.79 Å². The normalized spacial score (nSPS) is 18.8. The van der Waals surface area contributed by atoms with Crippen LogP contribution < -0.4 is 10.2 Å². The van der Waals surface area contributed by atoms with Gasteiger partial charge in [0.2, 0.25) is 11.9 Å². The smallest absolute Gasteiger partial charge is 0.251 e. The Balaban J connectivity index is 1.68. The minimum atomic E-state index is -1.41. The highest BCUT2D eigenvalue weighted by molar-refractivity contribution is 5.73. The van der Waals surface area contributed by atoms with E-state index < -0.39 is 29.0 Å². The van der Waals surface area contributed by atoms with E-state index in [1.807, 2.05) is 4.90 Å². The van der Waals surface area contributed by atoms with Gasteiger partial charge in [0.15, 0.2) is 17.5 Å². The molecule has 168 valence electrons. The zero-order valence-corrected chi connectivity index (χ0v) is 17.7. The molecule has 1 atom stereocenters. The highest BCUT2D eigenvalue weighted by atomic mass is 19.2. The molecule has 0 spiro atoms. The molecular formula is C21H22F3N7O. The lowest BCUT2D eigenvalue weighted by atomic mass is 9.94. The van der Waals surface area contributed by atoms with Crippen LogP contribution in [0.2, 0.25) is 0 Å². The Bertz CT molecular complexity index is 1100. The van der Waals surface area contributed by atoms with Gasteiger partial charge in [-0.1, -0.05) is 0 Å². The van der Waals surface area contributed by atoms with Crippen molar-refractivity contribution in [1.82, 2.24) is 19.9 Å². The Kier molecular flexibility index (Phi) is 5.86. The number of nitrogens with zero attached hydrogens (tertiary/aromatic N) is 6. The molecule has 4 heterocycles. The monoisotopic (exact) mass is 445 g/mol. The molecular weight excluding hydrogens is 423 g/mol. The number of amides is 1. The summed E-state index contributed by atoms with van der Waals surface area (Å²) in [5.41, 5.74) is 0.155. The Morgan fingerprint density at radius 2 is 1.94 bits per heavy atom. The van der Waals surface area contributed by atoms with Crippen molar-refractivity contribution < 1.29 is 18.0 Å². The van der Waals surface area contributed by atoms with E-state index in [1.165, 1.54) is 6.92 Å². The first-order chi connectivity index (χ1) is 15.3. The number of hydrogen-bond acceptors (Lipinski definition) is 7. The third kappa shape index (κ3) is 4.17. The van der Waals surface area contributed by atoms with Crippen molar-refractivity contribution in [2.75, 3.05) is 36.4 Å². The van der Waals surface area contributed by atoms with Gasteiger partial charge >= 0.3 is 0 Å². The van der Waals surface area contributed by atoms with Gasteiger partial charge in [-0.15, -0.1) is 0 Å². The van der Waals surface area contributed by atoms with E-state index in [9.17, 15) is 18.0 Å². The van der Waals surface area contributed by atoms with E-state index >= 15 is 0 Å². The summed E-state index contributed by atoms with van der Waals surface area (Å²) in [4.78, 5) is 27.8. The molecule has 8 nitrogen and oxygen atoms in total. The van der Waals surface area contributed by atoms with Crippen LogP contribution in [0.15, 0.2) is 6.07 Å². The predicted molar refractivity (Wildman–Crippen MR) is 110 cm³/mol. The molecule has 1 amide bonds. The minimum Gasteiger partial charge on any atom is -0.342 e. The zero-order valence-electron chi connectivity index (χ0n) is 17.7. The molecule has 1 unspecified atom stereocenters. The number of halogens is 3. The van der Waals surface area contributed by atoms with Crippen molar-refractivity contribution in [1.29, 1.82) is 5.26 Å². The Morgan fingerprint density at radius 1 is 1.19 bits per heavy atom. The van der Waals surface area contributed by atoms with E-state index in [-0.39, 0.29) is 23.6 Å². The van der Waals surface area contributed by atoms with Gasteiger partial charge in [0.1, 0.15) is 5.82 Å². The number of anilines is 3. The number of likely N-dealkylation sites (tertiary alicyclic amines) is 1. The molecule has 11 heteroatoms. The molecule has 2 aromatic rings. The molecule has 0 bridgehead atoms. The van der Waals surface area contributed by atoms with Crippen LogP contribution in [0, 0.1) is 41.8 Å². The third-order valence-corrected chi connectivity index (χ3v) is 5.87. The highest BCUT2D eigenvalue weighted by Gasteiger charge is 2.31. The Hall–Kier alpha value is -3.42. The van der Waals surface area contributed by atoms with E-state index in [4.69, 9.17) is 5.26 Å². The first kappa shape index (κ1) is 21.8. The van der Waals surface area contributed by atoms with Crippen molar-refractivity contribution >= 4 is 23.5 Å². The van der Waals surface area contributed by atoms with Crippen molar-refractivity contribution in [2.24, 2.45) is 5.92 Å². The van der Waals surface area contributed by atoms with Crippen molar-refractivity contribution in [3.63, 3.8) is 0 Å². The number of nitriles is 1. The lowest BCUT2D eigenvalue weighted by Crippen LogP contribution is -2.47. The van der Waals surface area contributed by atoms with Crippen LogP contribution in [0.4, 0.5) is 30.8 Å². The topological polar surface area (TPSA) is 98.0 Å². The molecule has 0 aliphatic carbocycles. The molecule has 2 aromatic heterocycles. The maximum atomic E-state index is 14.5. The van der Waals surface area contributed by atoms with E-state index in [2.05, 4.69) is 26.3 Å². The van der Waals surface area contributed by atoms with Crippen LogP contribution in [-0.4, -0.2) is 51.9 Å². The molecule has 2 fully saturated rings. The number of piperidine rings is 1.